The maximum absolute atomic E-state index is 13.8. The molecular weight excluding hydrogens is 474 g/mol. The van der Waals surface area contributed by atoms with E-state index in [9.17, 15) is 13.6 Å². The first-order valence-electron chi connectivity index (χ1n) is 12.4. The lowest BCUT2D eigenvalue weighted by Crippen LogP contribution is -2.47. The number of methoxy groups -OCH3 is 1. The number of rotatable bonds is 6. The van der Waals surface area contributed by atoms with Gasteiger partial charge in [0.25, 0.3) is 0 Å². The normalized spacial score (nSPS) is 16.1. The summed E-state index contributed by atoms with van der Waals surface area (Å²) < 4.78 is 33.6. The van der Waals surface area contributed by atoms with Gasteiger partial charge in [-0.1, -0.05) is 59.4 Å². The fraction of sp³-hybridized carbons (Fsp3) is 0.276. The van der Waals surface area contributed by atoms with Crippen LogP contribution in [0.15, 0.2) is 85.1 Å². The number of hydrogen-bond acceptors (Lipinski definition) is 4. The van der Waals surface area contributed by atoms with Crippen molar-refractivity contribution in [1.82, 2.24) is 19.9 Å². The van der Waals surface area contributed by atoms with Crippen LogP contribution in [0.5, 0.6) is 0 Å². The number of likely N-dealkylation sites (tertiary alicyclic amines) is 1. The molecule has 1 amide bonds. The lowest BCUT2D eigenvalue weighted by atomic mass is 9.83. The van der Waals surface area contributed by atoms with Crippen LogP contribution in [0.2, 0.25) is 0 Å². The van der Waals surface area contributed by atoms with Gasteiger partial charge in [-0.2, -0.15) is 5.10 Å². The van der Waals surface area contributed by atoms with Crippen LogP contribution < -0.4 is 0 Å². The smallest absolute Gasteiger partial charge is 0.362 e. The van der Waals surface area contributed by atoms with Gasteiger partial charge >= 0.3 is 6.03 Å². The topological polar surface area (TPSA) is 60.3 Å². The van der Waals surface area contributed by atoms with Crippen LogP contribution in [-0.4, -0.2) is 45.6 Å². The van der Waals surface area contributed by atoms with Crippen LogP contribution in [0.3, 0.4) is 0 Å². The summed E-state index contributed by atoms with van der Waals surface area (Å²) in [6.45, 7) is 0.624. The molecule has 37 heavy (non-hydrogen) atoms. The first-order valence-corrected chi connectivity index (χ1v) is 12.4. The van der Waals surface area contributed by atoms with Gasteiger partial charge in [-0.05, 0) is 66.6 Å². The zero-order chi connectivity index (χ0) is 25.8. The Bertz CT molecular complexity index is 1300. The van der Waals surface area contributed by atoms with E-state index in [1.807, 2.05) is 23.1 Å². The molecule has 0 bridgehead atoms. The van der Waals surface area contributed by atoms with Crippen molar-refractivity contribution in [3.8, 4) is 0 Å². The van der Waals surface area contributed by atoms with Gasteiger partial charge in [-0.3, -0.25) is 0 Å². The van der Waals surface area contributed by atoms with Gasteiger partial charge in [-0.25, -0.2) is 13.6 Å². The highest BCUT2D eigenvalue weighted by molar-refractivity contribution is 5.75. The molecule has 1 aliphatic rings. The molecule has 3 aromatic carbocycles. The van der Waals surface area contributed by atoms with E-state index in [2.05, 4.69) is 22.3 Å². The molecule has 2 heterocycles. The second-order valence-electron chi connectivity index (χ2n) is 9.23. The predicted octanol–water partition coefficient (Wildman–Crippen LogP) is 5.56. The van der Waals surface area contributed by atoms with Crippen molar-refractivity contribution < 1.29 is 18.3 Å². The zero-order valence-corrected chi connectivity index (χ0v) is 20.6. The third-order valence-corrected chi connectivity index (χ3v) is 7.02. The van der Waals surface area contributed by atoms with Gasteiger partial charge in [0.05, 0.1) is 6.20 Å². The van der Waals surface area contributed by atoms with Crippen LogP contribution in [0.4, 0.5) is 13.6 Å². The van der Waals surface area contributed by atoms with E-state index in [0.29, 0.717) is 23.4 Å². The van der Waals surface area contributed by atoms with E-state index in [-0.39, 0.29) is 12.1 Å². The standard InChI is InChI=1S/C29H28F2N4O2/c1-37-29(22-10-14-24(30)15-11-22,23-12-16-25(31)17-13-23)27-20-32-35(33-27)28(36)34-18-6-5-9-26(34)19-21-7-3-2-4-8-21/h2-4,7-8,10-17,20,26H,5-6,9,18-19H2,1H3. The molecule has 0 aliphatic carbocycles. The summed E-state index contributed by atoms with van der Waals surface area (Å²) in [6.07, 6.45) is 5.11. The Balaban J connectivity index is 1.51. The van der Waals surface area contributed by atoms with Gasteiger partial charge < -0.3 is 9.64 Å². The molecule has 1 saturated heterocycles. The highest BCUT2D eigenvalue weighted by atomic mass is 19.1. The molecule has 5 rings (SSSR count). The maximum Gasteiger partial charge on any atom is 0.362 e. The van der Waals surface area contributed by atoms with Crippen LogP contribution >= 0.6 is 0 Å². The molecule has 4 aromatic rings. The monoisotopic (exact) mass is 502 g/mol. The van der Waals surface area contributed by atoms with Crippen LogP contribution in [-0.2, 0) is 16.8 Å². The van der Waals surface area contributed by atoms with Gasteiger partial charge in [0.15, 0.2) is 5.60 Å². The van der Waals surface area contributed by atoms with Crippen molar-refractivity contribution in [3.05, 3.63) is 119 Å². The van der Waals surface area contributed by atoms with E-state index in [0.717, 1.165) is 30.5 Å². The summed E-state index contributed by atoms with van der Waals surface area (Å²) >= 11 is 0. The highest BCUT2D eigenvalue weighted by Gasteiger charge is 2.40. The number of ether oxygens (including phenoxy) is 1. The summed E-state index contributed by atoms with van der Waals surface area (Å²) in [5, 5.41) is 8.89. The molecule has 1 unspecified atom stereocenters. The van der Waals surface area contributed by atoms with Crippen molar-refractivity contribution in [3.63, 3.8) is 0 Å². The third-order valence-electron chi connectivity index (χ3n) is 7.02. The minimum Gasteiger partial charge on any atom is -0.362 e. The van der Waals surface area contributed by atoms with E-state index in [1.165, 1.54) is 43.1 Å². The van der Waals surface area contributed by atoms with Gasteiger partial charge in [-0.15, -0.1) is 5.10 Å². The lowest BCUT2D eigenvalue weighted by molar-refractivity contribution is 0.0541. The second kappa shape index (κ2) is 10.6. The van der Waals surface area contributed by atoms with Crippen molar-refractivity contribution in [2.24, 2.45) is 0 Å². The van der Waals surface area contributed by atoms with Crippen molar-refractivity contribution >= 4 is 6.03 Å². The molecule has 0 N–H and O–H groups in total. The number of amides is 1. The number of benzene rings is 3. The minimum absolute atomic E-state index is 0.0412. The Morgan fingerprint density at radius 1 is 0.946 bits per heavy atom. The molecule has 1 aliphatic heterocycles. The van der Waals surface area contributed by atoms with Gasteiger partial charge in [0.1, 0.15) is 17.3 Å². The van der Waals surface area contributed by atoms with Gasteiger partial charge in [0, 0.05) is 19.7 Å². The van der Waals surface area contributed by atoms with Crippen molar-refractivity contribution in [1.29, 1.82) is 0 Å². The number of piperidine rings is 1. The molecule has 8 heteroatoms. The summed E-state index contributed by atoms with van der Waals surface area (Å²) in [5.74, 6) is -0.803. The molecule has 1 fully saturated rings. The summed E-state index contributed by atoms with van der Waals surface area (Å²) in [5.41, 5.74) is 1.32. The van der Waals surface area contributed by atoms with Gasteiger partial charge in [0.2, 0.25) is 0 Å². The summed E-state index contributed by atoms with van der Waals surface area (Å²) in [4.78, 5) is 16.5. The average Bonchev–Trinajstić information content (AvgIpc) is 3.42. The Labute approximate surface area is 214 Å². The number of nitrogens with zero attached hydrogens (tertiary/aromatic N) is 4. The fourth-order valence-electron chi connectivity index (χ4n) is 5.15. The largest absolute Gasteiger partial charge is 0.362 e. The fourth-order valence-corrected chi connectivity index (χ4v) is 5.15. The molecule has 0 radical (unpaired) electrons. The van der Waals surface area contributed by atoms with E-state index in [1.54, 1.807) is 24.3 Å². The number of hydrogen-bond donors (Lipinski definition) is 0. The Morgan fingerprint density at radius 3 is 2.16 bits per heavy atom. The van der Waals surface area contributed by atoms with Crippen molar-refractivity contribution in [2.45, 2.75) is 37.3 Å². The predicted molar refractivity (Wildman–Crippen MR) is 135 cm³/mol. The van der Waals surface area contributed by atoms with Crippen LogP contribution in [0, 0.1) is 11.6 Å². The molecule has 1 aromatic heterocycles. The van der Waals surface area contributed by atoms with Crippen molar-refractivity contribution in [2.75, 3.05) is 13.7 Å². The summed E-state index contributed by atoms with van der Waals surface area (Å²) in [6, 6.07) is 21.5. The Hall–Kier alpha value is -3.91. The average molecular weight is 503 g/mol. The third kappa shape index (κ3) is 4.89. The number of carbonyl (C=O) groups excluding carboxylic acids is 1. The van der Waals surface area contributed by atoms with Crippen LogP contribution in [0.1, 0.15) is 41.6 Å². The Morgan fingerprint density at radius 2 is 1.57 bits per heavy atom. The van der Waals surface area contributed by atoms with E-state index in [4.69, 9.17) is 4.74 Å². The summed E-state index contributed by atoms with van der Waals surface area (Å²) in [7, 11) is 1.49. The first-order chi connectivity index (χ1) is 18.0. The molecular formula is C29H28F2N4O2. The minimum atomic E-state index is -1.33. The molecule has 6 nitrogen and oxygen atoms in total. The van der Waals surface area contributed by atoms with E-state index < -0.39 is 17.2 Å². The number of aromatic nitrogens is 3. The lowest BCUT2D eigenvalue weighted by Gasteiger charge is -2.35. The maximum atomic E-state index is 13.8. The quantitative estimate of drug-likeness (QED) is 0.346. The van der Waals surface area contributed by atoms with Crippen LogP contribution in [0.25, 0.3) is 0 Å². The first kappa shape index (κ1) is 24.8. The Kier molecular flexibility index (Phi) is 7.10. The highest BCUT2D eigenvalue weighted by Crippen LogP contribution is 2.39. The molecule has 0 saturated carbocycles. The SMILES string of the molecule is COC(c1ccc(F)cc1)(c1ccc(F)cc1)c1cnn(C(=O)N2CCCCC2Cc2ccccc2)n1. The number of carbonyl (C=O) groups is 1. The number of halogens is 2. The second-order valence-corrected chi connectivity index (χ2v) is 9.23. The van der Waals surface area contributed by atoms with E-state index >= 15 is 0 Å². The zero-order valence-electron chi connectivity index (χ0n) is 20.6. The molecule has 1 atom stereocenters. The molecule has 0 spiro atoms. The molecule has 190 valence electrons.